The van der Waals surface area contributed by atoms with Crippen molar-refractivity contribution in [2.75, 3.05) is 41.7 Å². The van der Waals surface area contributed by atoms with Crippen LogP contribution >= 0.6 is 0 Å². The molecule has 3 aromatic rings. The van der Waals surface area contributed by atoms with Gasteiger partial charge in [-0.3, -0.25) is 4.79 Å². The van der Waals surface area contributed by atoms with E-state index in [0.717, 1.165) is 5.56 Å². The predicted octanol–water partition coefficient (Wildman–Crippen LogP) is 3.88. The molecule has 2 aromatic carbocycles. The van der Waals surface area contributed by atoms with Crippen LogP contribution in [0, 0.1) is 0 Å². The molecule has 1 N–H and O–H groups in total. The molecule has 1 atom stereocenters. The van der Waals surface area contributed by atoms with Gasteiger partial charge in [0.25, 0.3) is 5.91 Å². The normalized spacial score (nSPS) is 11.5. The monoisotopic (exact) mass is 456 g/mol. The molecule has 0 radical (unpaired) electrons. The zero-order chi connectivity index (χ0) is 23.8. The number of hydrogen-bond donors (Lipinski definition) is 1. The topological polar surface area (TPSA) is 101 Å². The van der Waals surface area contributed by atoms with Crippen molar-refractivity contribution in [3.05, 3.63) is 53.7 Å². The minimum absolute atomic E-state index is 0.146. The zero-order valence-electron chi connectivity index (χ0n) is 19.3. The van der Waals surface area contributed by atoms with Gasteiger partial charge in [0.2, 0.25) is 0 Å². The third-order valence-electron chi connectivity index (χ3n) is 5.00. The van der Waals surface area contributed by atoms with Crippen LogP contribution in [0.4, 0.5) is 0 Å². The van der Waals surface area contributed by atoms with Crippen LogP contribution < -0.4 is 24.3 Å². The van der Waals surface area contributed by atoms with E-state index in [0.29, 0.717) is 47.5 Å². The summed E-state index contributed by atoms with van der Waals surface area (Å²) in [5.41, 5.74) is 1.62. The lowest BCUT2D eigenvalue weighted by Crippen LogP contribution is -2.26. The molecular formula is C24H28N2O7. The van der Waals surface area contributed by atoms with Gasteiger partial charge in [0, 0.05) is 13.2 Å². The molecule has 9 heteroatoms. The Morgan fingerprint density at radius 2 is 1.70 bits per heavy atom. The van der Waals surface area contributed by atoms with E-state index in [4.69, 9.17) is 28.2 Å². The molecule has 1 heterocycles. The molecule has 1 amide bonds. The molecule has 176 valence electrons. The third kappa shape index (κ3) is 5.75. The number of hydrogen-bond acceptors (Lipinski definition) is 8. The second-order valence-electron chi connectivity index (χ2n) is 7.09. The number of amides is 1. The quantitative estimate of drug-likeness (QED) is 0.434. The number of rotatable bonds is 11. The van der Waals surface area contributed by atoms with Crippen molar-refractivity contribution in [1.29, 1.82) is 0 Å². The van der Waals surface area contributed by atoms with Gasteiger partial charge in [0.05, 0.1) is 39.5 Å². The second kappa shape index (κ2) is 11.2. The lowest BCUT2D eigenvalue weighted by Gasteiger charge is -2.16. The average Bonchev–Trinajstić information content (AvgIpc) is 3.34. The summed E-state index contributed by atoms with van der Waals surface area (Å²) in [6.45, 7) is 2.74. The molecule has 0 aliphatic carbocycles. The SMILES string of the molecule is COCCOc1ccc(C(C)NC(=O)c2cc(-c3cc(OC)ccc3OC)on2)cc1OC. The van der Waals surface area contributed by atoms with Crippen LogP contribution in [0.3, 0.4) is 0 Å². The number of methoxy groups -OCH3 is 4. The van der Waals surface area contributed by atoms with Crippen molar-refractivity contribution in [3.8, 4) is 34.3 Å². The van der Waals surface area contributed by atoms with Crippen LogP contribution in [0.15, 0.2) is 47.0 Å². The Morgan fingerprint density at radius 1 is 0.939 bits per heavy atom. The average molecular weight is 456 g/mol. The van der Waals surface area contributed by atoms with Crippen molar-refractivity contribution in [2.45, 2.75) is 13.0 Å². The maximum Gasteiger partial charge on any atom is 0.273 e. The van der Waals surface area contributed by atoms with Gasteiger partial charge >= 0.3 is 0 Å². The first-order chi connectivity index (χ1) is 16.0. The number of ether oxygens (including phenoxy) is 5. The van der Waals surface area contributed by atoms with Gasteiger partial charge in [0.15, 0.2) is 23.0 Å². The van der Waals surface area contributed by atoms with Gasteiger partial charge in [-0.25, -0.2) is 0 Å². The molecule has 0 aliphatic rings. The van der Waals surface area contributed by atoms with E-state index in [1.165, 1.54) is 0 Å². The Morgan fingerprint density at radius 3 is 2.39 bits per heavy atom. The van der Waals surface area contributed by atoms with E-state index in [9.17, 15) is 4.79 Å². The van der Waals surface area contributed by atoms with Gasteiger partial charge < -0.3 is 33.5 Å². The fourth-order valence-corrected chi connectivity index (χ4v) is 3.18. The van der Waals surface area contributed by atoms with Gasteiger partial charge in [-0.1, -0.05) is 11.2 Å². The number of benzene rings is 2. The first-order valence-electron chi connectivity index (χ1n) is 10.3. The van der Waals surface area contributed by atoms with Crippen LogP contribution in [0.2, 0.25) is 0 Å². The fourth-order valence-electron chi connectivity index (χ4n) is 3.18. The first kappa shape index (κ1) is 23.9. The van der Waals surface area contributed by atoms with Crippen LogP contribution in [-0.4, -0.2) is 52.7 Å². The molecule has 0 saturated carbocycles. The molecular weight excluding hydrogens is 428 g/mol. The Labute approximate surface area is 192 Å². The molecule has 1 aromatic heterocycles. The Kier molecular flexibility index (Phi) is 8.15. The van der Waals surface area contributed by atoms with E-state index in [2.05, 4.69) is 10.5 Å². The Bertz CT molecular complexity index is 1080. The largest absolute Gasteiger partial charge is 0.497 e. The first-order valence-corrected chi connectivity index (χ1v) is 10.3. The Hall–Kier alpha value is -3.72. The van der Waals surface area contributed by atoms with E-state index >= 15 is 0 Å². The van der Waals surface area contributed by atoms with Gasteiger partial charge in [0.1, 0.15) is 18.1 Å². The summed E-state index contributed by atoms with van der Waals surface area (Å²) >= 11 is 0. The standard InChI is InChI=1S/C24H28N2O7/c1-15(16-6-8-21(23(12-16)31-5)32-11-10-28-2)25-24(27)19-14-22(33-26-19)18-13-17(29-3)7-9-20(18)30-4/h6-9,12-15H,10-11H2,1-5H3,(H,25,27). The maximum absolute atomic E-state index is 12.8. The minimum Gasteiger partial charge on any atom is -0.497 e. The van der Waals surface area contributed by atoms with Gasteiger partial charge in [-0.05, 0) is 42.8 Å². The summed E-state index contributed by atoms with van der Waals surface area (Å²) in [6.07, 6.45) is 0. The highest BCUT2D eigenvalue weighted by atomic mass is 16.5. The fraction of sp³-hybridized carbons (Fsp3) is 0.333. The lowest BCUT2D eigenvalue weighted by atomic mass is 10.1. The smallest absolute Gasteiger partial charge is 0.273 e. The molecule has 0 saturated heterocycles. The van der Waals surface area contributed by atoms with Crippen molar-refractivity contribution >= 4 is 5.91 Å². The van der Waals surface area contributed by atoms with Crippen molar-refractivity contribution in [1.82, 2.24) is 10.5 Å². The van der Waals surface area contributed by atoms with Crippen LogP contribution in [0.1, 0.15) is 29.0 Å². The van der Waals surface area contributed by atoms with E-state index < -0.39 is 0 Å². The minimum atomic E-state index is -0.376. The van der Waals surface area contributed by atoms with Gasteiger partial charge in [-0.15, -0.1) is 0 Å². The lowest BCUT2D eigenvalue weighted by molar-refractivity contribution is 0.0930. The predicted molar refractivity (Wildman–Crippen MR) is 121 cm³/mol. The Balaban J connectivity index is 1.73. The summed E-state index contributed by atoms with van der Waals surface area (Å²) in [5.74, 6) is 2.39. The van der Waals surface area contributed by atoms with Crippen LogP contribution in [-0.2, 0) is 4.74 Å². The second-order valence-corrected chi connectivity index (χ2v) is 7.09. The molecule has 0 bridgehead atoms. The van der Waals surface area contributed by atoms with E-state index in [1.807, 2.05) is 19.1 Å². The van der Waals surface area contributed by atoms with Crippen molar-refractivity contribution < 1.29 is 33.0 Å². The van der Waals surface area contributed by atoms with Crippen molar-refractivity contribution in [2.24, 2.45) is 0 Å². The summed E-state index contributed by atoms with van der Waals surface area (Å²) < 4.78 is 32.1. The molecule has 3 rings (SSSR count). The van der Waals surface area contributed by atoms with Crippen molar-refractivity contribution in [3.63, 3.8) is 0 Å². The molecule has 1 unspecified atom stereocenters. The highest BCUT2D eigenvalue weighted by Crippen LogP contribution is 2.34. The van der Waals surface area contributed by atoms with E-state index in [-0.39, 0.29) is 17.6 Å². The summed E-state index contributed by atoms with van der Waals surface area (Å²) in [6, 6.07) is 12.0. The molecule has 0 aliphatic heterocycles. The molecule has 0 fully saturated rings. The maximum atomic E-state index is 12.8. The number of carbonyl (C=O) groups is 1. The summed E-state index contributed by atoms with van der Waals surface area (Å²) in [5, 5.41) is 6.84. The highest BCUT2D eigenvalue weighted by Gasteiger charge is 2.20. The van der Waals surface area contributed by atoms with E-state index in [1.54, 1.807) is 58.8 Å². The molecule has 0 spiro atoms. The number of carbonyl (C=O) groups excluding carboxylic acids is 1. The highest BCUT2D eigenvalue weighted by molar-refractivity contribution is 5.93. The summed E-state index contributed by atoms with van der Waals surface area (Å²) in [4.78, 5) is 12.8. The number of nitrogens with zero attached hydrogens (tertiary/aromatic N) is 1. The summed E-state index contributed by atoms with van der Waals surface area (Å²) in [7, 11) is 6.30. The number of aromatic nitrogens is 1. The van der Waals surface area contributed by atoms with Crippen LogP contribution in [0.25, 0.3) is 11.3 Å². The molecule has 33 heavy (non-hydrogen) atoms. The number of nitrogens with one attached hydrogen (secondary N) is 1. The molecule has 9 nitrogen and oxygen atoms in total. The zero-order valence-corrected chi connectivity index (χ0v) is 19.3. The van der Waals surface area contributed by atoms with Crippen LogP contribution in [0.5, 0.6) is 23.0 Å². The van der Waals surface area contributed by atoms with Gasteiger partial charge in [-0.2, -0.15) is 0 Å². The third-order valence-corrected chi connectivity index (χ3v) is 5.00.